The van der Waals surface area contributed by atoms with E-state index in [0.717, 1.165) is 44.4 Å². The molecule has 0 radical (unpaired) electrons. The highest BCUT2D eigenvalue weighted by Gasteiger charge is 2.30. The van der Waals surface area contributed by atoms with E-state index in [1.165, 1.54) is 10.6 Å². The van der Waals surface area contributed by atoms with Crippen LogP contribution in [0.4, 0.5) is 29.2 Å². The van der Waals surface area contributed by atoms with E-state index in [0.29, 0.717) is 22.9 Å². The second-order valence-electron chi connectivity index (χ2n) is 11.4. The van der Waals surface area contributed by atoms with Crippen LogP contribution in [0.2, 0.25) is 0 Å². The summed E-state index contributed by atoms with van der Waals surface area (Å²) in [6.45, 7) is 4.71. The molecule has 2 aromatic heterocycles. The molecule has 0 unspecified atom stereocenters. The maximum absolute atomic E-state index is 14.9. The summed E-state index contributed by atoms with van der Waals surface area (Å²) >= 11 is 0. The molecule has 0 amide bonds. The molecule has 14 heteroatoms. The van der Waals surface area contributed by atoms with E-state index < -0.39 is 45.4 Å². The lowest BCUT2D eigenvalue weighted by Gasteiger charge is -2.30. The SMILES string of the molecule is CC(C)n1c(=O)c(-c2ccc(NS(=O)(=O)CCC(F)(F)F)c(F)c2)cc2cnc(N[C@H]3CC[C@H](CN(C)C)CC3)nc21. The lowest BCUT2D eigenvalue weighted by atomic mass is 9.86. The molecule has 0 spiro atoms. The van der Waals surface area contributed by atoms with E-state index in [2.05, 4.69) is 34.3 Å². The zero-order valence-corrected chi connectivity index (χ0v) is 24.8. The summed E-state index contributed by atoms with van der Waals surface area (Å²) in [6.07, 6.45) is -0.433. The van der Waals surface area contributed by atoms with Gasteiger partial charge in [-0.2, -0.15) is 18.2 Å². The Labute approximate surface area is 242 Å². The van der Waals surface area contributed by atoms with Gasteiger partial charge in [-0.05, 0) is 83.3 Å². The van der Waals surface area contributed by atoms with Gasteiger partial charge in [-0.1, -0.05) is 6.07 Å². The average Bonchev–Trinajstić information content (AvgIpc) is 2.88. The molecular weight excluding hydrogens is 576 g/mol. The molecule has 1 aliphatic rings. The Kier molecular flexibility index (Phi) is 9.46. The van der Waals surface area contributed by atoms with E-state index >= 15 is 0 Å². The van der Waals surface area contributed by atoms with Gasteiger partial charge >= 0.3 is 6.18 Å². The molecule has 1 aromatic carbocycles. The van der Waals surface area contributed by atoms with Crippen LogP contribution in [0, 0.1) is 11.7 Å². The predicted molar refractivity (Wildman–Crippen MR) is 156 cm³/mol. The molecule has 2 heterocycles. The number of nitrogens with zero attached hydrogens (tertiary/aromatic N) is 4. The fourth-order valence-corrected chi connectivity index (χ4v) is 6.40. The van der Waals surface area contributed by atoms with Crippen LogP contribution in [0.3, 0.4) is 0 Å². The average molecular weight is 613 g/mol. The molecule has 1 fully saturated rings. The Morgan fingerprint density at radius 2 is 1.81 bits per heavy atom. The molecule has 0 aliphatic heterocycles. The second kappa shape index (κ2) is 12.5. The van der Waals surface area contributed by atoms with Crippen molar-refractivity contribution in [2.75, 3.05) is 36.4 Å². The summed E-state index contributed by atoms with van der Waals surface area (Å²) in [6, 6.07) is 4.87. The number of hydrogen-bond donors (Lipinski definition) is 2. The van der Waals surface area contributed by atoms with Crippen molar-refractivity contribution >= 4 is 32.7 Å². The lowest BCUT2D eigenvalue weighted by Crippen LogP contribution is -2.31. The minimum Gasteiger partial charge on any atom is -0.351 e. The van der Waals surface area contributed by atoms with E-state index in [1.807, 2.05) is 18.6 Å². The van der Waals surface area contributed by atoms with Gasteiger partial charge in [-0.3, -0.25) is 14.1 Å². The fraction of sp³-hybridized carbons (Fsp3) is 0.536. The van der Waals surface area contributed by atoms with Gasteiger partial charge in [0.1, 0.15) is 11.5 Å². The van der Waals surface area contributed by atoms with E-state index in [1.54, 1.807) is 12.3 Å². The summed E-state index contributed by atoms with van der Waals surface area (Å²) < 4.78 is 79.7. The summed E-state index contributed by atoms with van der Waals surface area (Å²) in [5.41, 5.74) is -0.203. The van der Waals surface area contributed by atoms with E-state index in [9.17, 15) is 30.8 Å². The molecule has 3 aromatic rings. The number of benzene rings is 1. The second-order valence-corrected chi connectivity index (χ2v) is 13.2. The Morgan fingerprint density at radius 1 is 1.12 bits per heavy atom. The molecule has 1 saturated carbocycles. The number of anilines is 2. The molecule has 0 atom stereocenters. The number of rotatable bonds is 10. The van der Waals surface area contributed by atoms with Crippen molar-refractivity contribution in [1.82, 2.24) is 19.4 Å². The summed E-state index contributed by atoms with van der Waals surface area (Å²) in [5, 5.41) is 3.96. The van der Waals surface area contributed by atoms with Crippen molar-refractivity contribution in [3.05, 3.63) is 46.6 Å². The Morgan fingerprint density at radius 3 is 2.40 bits per heavy atom. The zero-order valence-electron chi connectivity index (χ0n) is 24.0. The molecule has 4 rings (SSSR count). The van der Waals surface area contributed by atoms with Gasteiger partial charge in [0, 0.05) is 35.8 Å². The molecule has 9 nitrogen and oxygen atoms in total. The highest BCUT2D eigenvalue weighted by molar-refractivity contribution is 7.92. The van der Waals surface area contributed by atoms with Crippen LogP contribution in [0.15, 0.2) is 35.3 Å². The molecule has 42 heavy (non-hydrogen) atoms. The minimum atomic E-state index is -4.67. The maximum atomic E-state index is 14.9. The summed E-state index contributed by atoms with van der Waals surface area (Å²) in [7, 11) is -0.289. The van der Waals surface area contributed by atoms with E-state index in [4.69, 9.17) is 0 Å². The number of aromatic nitrogens is 3. The standard InChI is InChI=1S/C28H36F4N6O3S/c1-17(2)38-25-20(15-33-27(35-25)34-21-8-5-18(6-9-21)16-37(3)4)13-22(26(38)39)19-7-10-24(23(29)14-19)36-42(40,41)12-11-28(30,31)32/h7,10,13-15,17-18,21,36H,5-6,8-9,11-12,16H2,1-4H3,(H,33,34,35)/t18-,21-. The van der Waals surface area contributed by atoms with Gasteiger partial charge in [-0.15, -0.1) is 0 Å². The Bertz CT molecular complexity index is 1580. The molecule has 0 bridgehead atoms. The summed E-state index contributed by atoms with van der Waals surface area (Å²) in [4.78, 5) is 24.9. The zero-order chi connectivity index (χ0) is 30.8. The monoisotopic (exact) mass is 612 g/mol. The van der Waals surface area contributed by atoms with Crippen LogP contribution in [0.1, 0.15) is 52.0 Å². The summed E-state index contributed by atoms with van der Waals surface area (Å²) in [5.74, 6) is -1.19. The van der Waals surface area contributed by atoms with Crippen molar-refractivity contribution in [2.45, 2.75) is 64.2 Å². The molecule has 230 valence electrons. The number of fused-ring (bicyclic) bond motifs is 1. The van der Waals surface area contributed by atoms with Crippen LogP contribution in [0.25, 0.3) is 22.2 Å². The quantitative estimate of drug-likeness (QED) is 0.295. The van der Waals surface area contributed by atoms with Gasteiger partial charge in [0.05, 0.1) is 17.9 Å². The first-order valence-electron chi connectivity index (χ1n) is 13.8. The Hall–Kier alpha value is -3.26. The first-order chi connectivity index (χ1) is 19.6. The van der Waals surface area contributed by atoms with Crippen molar-refractivity contribution < 1.29 is 26.0 Å². The van der Waals surface area contributed by atoms with Crippen molar-refractivity contribution in [1.29, 1.82) is 0 Å². The van der Waals surface area contributed by atoms with Crippen LogP contribution in [-0.2, 0) is 10.0 Å². The van der Waals surface area contributed by atoms with Gasteiger partial charge in [0.2, 0.25) is 16.0 Å². The van der Waals surface area contributed by atoms with Gasteiger partial charge in [0.25, 0.3) is 5.56 Å². The van der Waals surface area contributed by atoms with E-state index in [-0.39, 0.29) is 23.2 Å². The van der Waals surface area contributed by atoms with Crippen molar-refractivity contribution in [2.24, 2.45) is 5.92 Å². The number of pyridine rings is 1. The number of hydrogen-bond acceptors (Lipinski definition) is 7. The molecular formula is C28H36F4N6O3S. The third-order valence-corrected chi connectivity index (χ3v) is 8.57. The number of alkyl halides is 3. The fourth-order valence-electron chi connectivity index (χ4n) is 5.30. The lowest BCUT2D eigenvalue weighted by molar-refractivity contribution is -0.129. The highest BCUT2D eigenvalue weighted by Crippen LogP contribution is 2.29. The highest BCUT2D eigenvalue weighted by atomic mass is 32.2. The molecule has 1 aliphatic carbocycles. The first kappa shape index (κ1) is 31.7. The predicted octanol–water partition coefficient (Wildman–Crippen LogP) is 5.40. The minimum absolute atomic E-state index is 0.144. The first-order valence-corrected chi connectivity index (χ1v) is 15.5. The third-order valence-electron chi connectivity index (χ3n) is 7.29. The normalized spacial score (nSPS) is 18.1. The number of nitrogens with one attached hydrogen (secondary N) is 2. The van der Waals surface area contributed by atoms with Crippen molar-refractivity contribution in [3.63, 3.8) is 0 Å². The number of halogens is 4. The topological polar surface area (TPSA) is 109 Å². The largest absolute Gasteiger partial charge is 0.390 e. The van der Waals surface area contributed by atoms with Gasteiger partial charge in [-0.25, -0.2) is 17.8 Å². The molecule has 2 N–H and O–H groups in total. The Balaban J connectivity index is 1.59. The number of sulfonamides is 1. The van der Waals surface area contributed by atoms with Crippen LogP contribution in [0.5, 0.6) is 0 Å². The van der Waals surface area contributed by atoms with Crippen LogP contribution >= 0.6 is 0 Å². The van der Waals surface area contributed by atoms with Crippen LogP contribution < -0.4 is 15.6 Å². The maximum Gasteiger partial charge on any atom is 0.390 e. The molecule has 0 saturated heterocycles. The van der Waals surface area contributed by atoms with Gasteiger partial charge < -0.3 is 10.2 Å². The van der Waals surface area contributed by atoms with Gasteiger partial charge in [0.15, 0.2) is 0 Å². The van der Waals surface area contributed by atoms with Crippen molar-refractivity contribution in [3.8, 4) is 11.1 Å². The third kappa shape index (κ3) is 7.97. The van der Waals surface area contributed by atoms with Crippen LogP contribution in [-0.4, -0.2) is 66.5 Å². The smallest absolute Gasteiger partial charge is 0.351 e.